The van der Waals surface area contributed by atoms with Crippen LogP contribution in [0.4, 0.5) is 16.2 Å². The number of nitrogens with one attached hydrogen (secondary N) is 2. The maximum atomic E-state index is 13.2. The van der Waals surface area contributed by atoms with Crippen molar-refractivity contribution in [1.82, 2.24) is 5.32 Å². The van der Waals surface area contributed by atoms with E-state index < -0.39 is 12.1 Å². The molecule has 1 atom stereocenters. The zero-order valence-corrected chi connectivity index (χ0v) is 19.7. The van der Waals surface area contributed by atoms with Gasteiger partial charge in [0.05, 0.1) is 0 Å². The van der Waals surface area contributed by atoms with Gasteiger partial charge in [0.25, 0.3) is 0 Å². The van der Waals surface area contributed by atoms with Crippen molar-refractivity contribution in [2.24, 2.45) is 0 Å². The van der Waals surface area contributed by atoms with Gasteiger partial charge in [-0.2, -0.15) is 0 Å². The summed E-state index contributed by atoms with van der Waals surface area (Å²) in [6, 6.07) is 23.5. The fraction of sp³-hybridized carbons (Fsp3) is 0.250. The molecule has 7 heteroatoms. The van der Waals surface area contributed by atoms with E-state index >= 15 is 0 Å². The monoisotopic (exact) mass is 471 g/mol. The Kier molecular flexibility index (Phi) is 7.77. The first-order valence-corrected chi connectivity index (χ1v) is 11.7. The van der Waals surface area contributed by atoms with Gasteiger partial charge in [-0.05, 0) is 48.2 Å². The van der Waals surface area contributed by atoms with Crippen LogP contribution in [-0.2, 0) is 27.4 Å². The Balaban J connectivity index is 1.44. The van der Waals surface area contributed by atoms with Crippen LogP contribution in [0.2, 0.25) is 0 Å². The maximum Gasteiger partial charge on any atom is 0.408 e. The van der Waals surface area contributed by atoms with Crippen molar-refractivity contribution in [2.75, 3.05) is 16.8 Å². The number of hydrogen-bond donors (Lipinski definition) is 2. The van der Waals surface area contributed by atoms with E-state index in [9.17, 15) is 14.4 Å². The highest BCUT2D eigenvalue weighted by Gasteiger charge is 2.25. The van der Waals surface area contributed by atoms with Gasteiger partial charge in [-0.1, -0.05) is 60.7 Å². The van der Waals surface area contributed by atoms with E-state index in [4.69, 9.17) is 4.74 Å². The molecule has 35 heavy (non-hydrogen) atoms. The molecule has 1 saturated heterocycles. The SMILES string of the molecule is Cc1cc(NC(=O)[C@H](Cc2ccccc2)NC(=O)OCc2ccccc2)ccc1N1CCCC1=O. The van der Waals surface area contributed by atoms with Crippen LogP contribution in [0.5, 0.6) is 0 Å². The molecule has 0 bridgehead atoms. The molecule has 0 aliphatic carbocycles. The van der Waals surface area contributed by atoms with E-state index in [1.807, 2.05) is 79.7 Å². The zero-order valence-electron chi connectivity index (χ0n) is 19.7. The van der Waals surface area contributed by atoms with Crippen LogP contribution in [-0.4, -0.2) is 30.5 Å². The molecule has 1 aliphatic heterocycles. The molecular formula is C28H29N3O4. The van der Waals surface area contributed by atoms with E-state index in [1.165, 1.54) is 0 Å². The third-order valence-corrected chi connectivity index (χ3v) is 5.93. The van der Waals surface area contributed by atoms with Crippen LogP contribution < -0.4 is 15.5 Å². The number of aryl methyl sites for hydroxylation is 1. The lowest BCUT2D eigenvalue weighted by Gasteiger charge is -2.21. The first kappa shape index (κ1) is 24.0. The number of ether oxygens (including phenoxy) is 1. The minimum atomic E-state index is -0.833. The Morgan fingerprint density at radius 1 is 0.971 bits per heavy atom. The Hall–Kier alpha value is -4.13. The molecular weight excluding hydrogens is 442 g/mol. The molecule has 0 spiro atoms. The molecule has 4 rings (SSSR count). The van der Waals surface area contributed by atoms with Crippen molar-refractivity contribution < 1.29 is 19.1 Å². The fourth-order valence-electron chi connectivity index (χ4n) is 4.13. The van der Waals surface area contributed by atoms with Gasteiger partial charge in [-0.25, -0.2) is 4.79 Å². The van der Waals surface area contributed by atoms with Gasteiger partial charge in [0.15, 0.2) is 0 Å². The Morgan fingerprint density at radius 3 is 2.29 bits per heavy atom. The van der Waals surface area contributed by atoms with E-state index in [2.05, 4.69) is 10.6 Å². The topological polar surface area (TPSA) is 87.7 Å². The number of carbonyl (C=O) groups is 3. The van der Waals surface area contributed by atoms with Crippen molar-refractivity contribution in [3.05, 3.63) is 95.6 Å². The largest absolute Gasteiger partial charge is 0.445 e. The molecule has 3 aromatic rings. The molecule has 180 valence electrons. The van der Waals surface area contributed by atoms with Crippen molar-refractivity contribution in [3.63, 3.8) is 0 Å². The summed E-state index contributed by atoms with van der Waals surface area (Å²) in [5, 5.41) is 5.60. The van der Waals surface area contributed by atoms with Crippen LogP contribution in [0.3, 0.4) is 0 Å². The Morgan fingerprint density at radius 2 is 1.66 bits per heavy atom. The van der Waals surface area contributed by atoms with Crippen molar-refractivity contribution in [2.45, 2.75) is 38.8 Å². The van der Waals surface area contributed by atoms with Gasteiger partial charge in [-0.15, -0.1) is 0 Å². The molecule has 0 aromatic heterocycles. The lowest BCUT2D eigenvalue weighted by atomic mass is 10.1. The fourth-order valence-corrected chi connectivity index (χ4v) is 4.13. The molecule has 3 amide bonds. The van der Waals surface area contributed by atoms with E-state index in [-0.39, 0.29) is 18.4 Å². The van der Waals surface area contributed by atoms with Crippen LogP contribution in [0, 0.1) is 6.92 Å². The lowest BCUT2D eigenvalue weighted by molar-refractivity contribution is -0.118. The van der Waals surface area contributed by atoms with Crippen molar-refractivity contribution in [3.8, 4) is 0 Å². The summed E-state index contributed by atoms with van der Waals surface area (Å²) in [5.41, 5.74) is 4.12. The minimum Gasteiger partial charge on any atom is -0.445 e. The number of anilines is 2. The van der Waals surface area contributed by atoms with E-state index in [1.54, 1.807) is 11.0 Å². The standard InChI is InChI=1S/C28H29N3O4/c1-20-17-23(14-15-25(20)31-16-8-13-26(31)32)29-27(33)24(18-21-9-4-2-5-10-21)30-28(34)35-19-22-11-6-3-7-12-22/h2-7,9-12,14-15,17,24H,8,13,16,18-19H2,1H3,(H,29,33)(H,30,34)/t24-/m0/s1. The molecule has 0 saturated carbocycles. The smallest absolute Gasteiger partial charge is 0.408 e. The second-order valence-electron chi connectivity index (χ2n) is 8.59. The Bertz CT molecular complexity index is 1180. The average Bonchev–Trinajstić information content (AvgIpc) is 3.29. The molecule has 2 N–H and O–H groups in total. The molecule has 1 heterocycles. The third-order valence-electron chi connectivity index (χ3n) is 5.93. The first-order valence-electron chi connectivity index (χ1n) is 11.7. The first-order chi connectivity index (χ1) is 17.0. The molecule has 1 fully saturated rings. The number of alkyl carbamates (subject to hydrolysis) is 1. The molecule has 7 nitrogen and oxygen atoms in total. The molecule has 0 radical (unpaired) electrons. The van der Waals surface area contributed by atoms with Crippen LogP contribution >= 0.6 is 0 Å². The zero-order chi connectivity index (χ0) is 24.6. The number of nitrogens with zero attached hydrogens (tertiary/aromatic N) is 1. The predicted octanol–water partition coefficient (Wildman–Crippen LogP) is 4.60. The summed E-state index contributed by atoms with van der Waals surface area (Å²) in [6.45, 7) is 2.74. The normalized spacial score (nSPS) is 13.9. The van der Waals surface area contributed by atoms with Gasteiger partial charge in [-0.3, -0.25) is 9.59 Å². The second-order valence-corrected chi connectivity index (χ2v) is 8.59. The van der Waals surface area contributed by atoms with Gasteiger partial charge >= 0.3 is 6.09 Å². The van der Waals surface area contributed by atoms with Crippen LogP contribution in [0.15, 0.2) is 78.9 Å². The Labute approximate surface area is 205 Å². The molecule has 1 aliphatic rings. The van der Waals surface area contributed by atoms with Crippen molar-refractivity contribution >= 4 is 29.3 Å². The highest BCUT2D eigenvalue weighted by Crippen LogP contribution is 2.27. The van der Waals surface area contributed by atoms with E-state index in [0.29, 0.717) is 25.1 Å². The third kappa shape index (κ3) is 6.47. The summed E-state index contributed by atoms with van der Waals surface area (Å²) < 4.78 is 5.33. The highest BCUT2D eigenvalue weighted by molar-refractivity contribution is 5.98. The van der Waals surface area contributed by atoms with Gasteiger partial charge in [0.2, 0.25) is 11.8 Å². The van der Waals surface area contributed by atoms with Gasteiger partial charge < -0.3 is 20.3 Å². The summed E-state index contributed by atoms with van der Waals surface area (Å²) >= 11 is 0. The summed E-state index contributed by atoms with van der Waals surface area (Å²) in [7, 11) is 0. The lowest BCUT2D eigenvalue weighted by Crippen LogP contribution is -2.45. The number of amides is 3. The summed E-state index contributed by atoms with van der Waals surface area (Å²) in [6.07, 6.45) is 1.06. The molecule has 3 aromatic carbocycles. The number of carbonyl (C=O) groups excluding carboxylic acids is 3. The second kappa shape index (κ2) is 11.3. The number of hydrogen-bond acceptors (Lipinski definition) is 4. The minimum absolute atomic E-state index is 0.113. The number of rotatable bonds is 8. The number of benzene rings is 3. The van der Waals surface area contributed by atoms with Gasteiger partial charge in [0.1, 0.15) is 12.6 Å². The van der Waals surface area contributed by atoms with Crippen molar-refractivity contribution in [1.29, 1.82) is 0 Å². The van der Waals surface area contributed by atoms with Crippen LogP contribution in [0.1, 0.15) is 29.5 Å². The van der Waals surface area contributed by atoms with Crippen LogP contribution in [0.25, 0.3) is 0 Å². The van der Waals surface area contributed by atoms with E-state index in [0.717, 1.165) is 28.8 Å². The maximum absolute atomic E-state index is 13.2. The highest BCUT2D eigenvalue weighted by atomic mass is 16.5. The average molecular weight is 472 g/mol. The summed E-state index contributed by atoms with van der Waals surface area (Å²) in [4.78, 5) is 39.6. The summed E-state index contributed by atoms with van der Waals surface area (Å²) in [5.74, 6) is -0.235. The van der Waals surface area contributed by atoms with Gasteiger partial charge in [0, 0.05) is 30.8 Å². The quantitative estimate of drug-likeness (QED) is 0.503. The predicted molar refractivity (Wildman–Crippen MR) is 135 cm³/mol. The molecule has 0 unspecified atom stereocenters.